The largest absolute Gasteiger partial charge is 0.493 e. The fourth-order valence-electron chi connectivity index (χ4n) is 1.55. The highest BCUT2D eigenvalue weighted by molar-refractivity contribution is 7.80. The van der Waals surface area contributed by atoms with E-state index in [4.69, 9.17) is 22.7 Å². The second-order valence-corrected chi connectivity index (χ2v) is 4.42. The maximum absolute atomic E-state index is 11.8. The average Bonchev–Trinajstić information content (AvgIpc) is 2.88. The number of thiocarbonyl (C=S) groups is 1. The number of aromatic amines is 1. The van der Waals surface area contributed by atoms with Crippen molar-refractivity contribution in [3.05, 3.63) is 42.1 Å². The van der Waals surface area contributed by atoms with Gasteiger partial charge in [-0.05, 0) is 12.1 Å². The number of nitrogens with two attached hydrogens (primary N) is 1. The molecule has 0 aliphatic heterocycles. The molecule has 1 aromatic carbocycles. The van der Waals surface area contributed by atoms with E-state index in [1.54, 1.807) is 0 Å². The van der Waals surface area contributed by atoms with Crippen LogP contribution in [-0.2, 0) is 4.79 Å². The molecule has 6 nitrogen and oxygen atoms in total. The van der Waals surface area contributed by atoms with Gasteiger partial charge in [-0.25, -0.2) is 0 Å². The Labute approximate surface area is 121 Å². The van der Waals surface area contributed by atoms with Gasteiger partial charge in [0.25, 0.3) is 0 Å². The number of nitrogens with one attached hydrogen (secondary N) is 2. The van der Waals surface area contributed by atoms with E-state index in [2.05, 4.69) is 15.5 Å². The van der Waals surface area contributed by atoms with Gasteiger partial charge in [-0.2, -0.15) is 5.10 Å². The molecule has 0 saturated heterocycles. The first-order valence-corrected chi connectivity index (χ1v) is 6.38. The lowest BCUT2D eigenvalue weighted by Crippen LogP contribution is -2.18. The summed E-state index contributed by atoms with van der Waals surface area (Å²) in [4.78, 5) is 11.9. The zero-order valence-electron chi connectivity index (χ0n) is 10.6. The molecular weight excluding hydrogens is 276 g/mol. The summed E-state index contributed by atoms with van der Waals surface area (Å²) in [5, 5.41) is 9.08. The molecule has 20 heavy (non-hydrogen) atoms. The van der Waals surface area contributed by atoms with Gasteiger partial charge in [-0.3, -0.25) is 9.89 Å². The zero-order chi connectivity index (χ0) is 14.4. The number of hydrogen-bond acceptors (Lipinski definition) is 4. The van der Waals surface area contributed by atoms with E-state index in [1.165, 1.54) is 6.20 Å². The van der Waals surface area contributed by atoms with E-state index >= 15 is 0 Å². The number of para-hydroxylation sites is 1. The van der Waals surface area contributed by atoms with Crippen molar-refractivity contribution in [2.45, 2.75) is 6.42 Å². The molecule has 7 heteroatoms. The van der Waals surface area contributed by atoms with Gasteiger partial charge in [0.1, 0.15) is 16.6 Å². The van der Waals surface area contributed by atoms with Gasteiger partial charge in [0, 0.05) is 0 Å². The Morgan fingerprint density at radius 1 is 1.40 bits per heavy atom. The van der Waals surface area contributed by atoms with Gasteiger partial charge in [0.15, 0.2) is 0 Å². The number of benzene rings is 1. The quantitative estimate of drug-likeness (QED) is 0.700. The van der Waals surface area contributed by atoms with E-state index in [1.807, 2.05) is 30.3 Å². The molecule has 104 valence electrons. The first-order chi connectivity index (χ1) is 9.66. The van der Waals surface area contributed by atoms with Gasteiger partial charge in [0.05, 0.1) is 24.8 Å². The summed E-state index contributed by atoms with van der Waals surface area (Å²) in [6.45, 7) is 0.284. The van der Waals surface area contributed by atoms with Crippen molar-refractivity contribution < 1.29 is 9.53 Å². The summed E-state index contributed by atoms with van der Waals surface area (Å²) in [7, 11) is 0. The van der Waals surface area contributed by atoms with Crippen molar-refractivity contribution in [2.24, 2.45) is 5.73 Å². The normalized spacial score (nSPS) is 10.0. The van der Waals surface area contributed by atoms with Crippen molar-refractivity contribution in [3.63, 3.8) is 0 Å². The number of hydrogen-bond donors (Lipinski definition) is 3. The highest BCUT2D eigenvalue weighted by atomic mass is 32.1. The molecule has 0 aliphatic rings. The number of carbonyl (C=O) groups is 1. The first kappa shape index (κ1) is 14.0. The number of aromatic nitrogens is 2. The Morgan fingerprint density at radius 2 is 2.15 bits per heavy atom. The van der Waals surface area contributed by atoms with E-state index < -0.39 is 0 Å². The van der Waals surface area contributed by atoms with Crippen LogP contribution in [0.25, 0.3) is 0 Å². The highest BCUT2D eigenvalue weighted by Gasteiger charge is 2.10. The van der Waals surface area contributed by atoms with Crippen LogP contribution < -0.4 is 15.8 Å². The number of H-pyrrole nitrogens is 1. The lowest BCUT2D eigenvalue weighted by atomic mass is 10.3. The third-order valence-electron chi connectivity index (χ3n) is 2.51. The number of ether oxygens (including phenoxy) is 1. The van der Waals surface area contributed by atoms with Gasteiger partial charge >= 0.3 is 0 Å². The Hall–Kier alpha value is -2.41. The fourth-order valence-corrected chi connectivity index (χ4v) is 1.70. The van der Waals surface area contributed by atoms with Crippen LogP contribution in [0.1, 0.15) is 12.0 Å². The smallest absolute Gasteiger partial charge is 0.228 e. The van der Waals surface area contributed by atoms with Crippen LogP contribution >= 0.6 is 12.2 Å². The van der Waals surface area contributed by atoms with Crippen LogP contribution in [0.5, 0.6) is 5.75 Å². The Balaban J connectivity index is 1.81. The summed E-state index contributed by atoms with van der Waals surface area (Å²) >= 11 is 4.85. The number of nitrogens with zero attached hydrogens (tertiary/aromatic N) is 1. The van der Waals surface area contributed by atoms with Crippen molar-refractivity contribution in [3.8, 4) is 5.75 Å². The number of rotatable bonds is 6. The molecule has 4 N–H and O–H groups in total. The van der Waals surface area contributed by atoms with E-state index in [0.717, 1.165) is 5.75 Å². The zero-order valence-corrected chi connectivity index (χ0v) is 11.4. The molecule has 0 saturated carbocycles. The van der Waals surface area contributed by atoms with Gasteiger partial charge in [0.2, 0.25) is 5.91 Å². The summed E-state index contributed by atoms with van der Waals surface area (Å²) in [6.07, 6.45) is 1.68. The minimum Gasteiger partial charge on any atom is -0.493 e. The molecule has 0 unspecified atom stereocenters. The first-order valence-electron chi connectivity index (χ1n) is 5.97. The van der Waals surface area contributed by atoms with Crippen molar-refractivity contribution in [1.29, 1.82) is 0 Å². The van der Waals surface area contributed by atoms with E-state index in [-0.39, 0.29) is 23.9 Å². The minimum atomic E-state index is -0.206. The van der Waals surface area contributed by atoms with Crippen molar-refractivity contribution >= 4 is 28.9 Å². The van der Waals surface area contributed by atoms with Crippen LogP contribution in [0, 0.1) is 0 Å². The Kier molecular flexibility index (Phi) is 4.67. The fraction of sp³-hybridized carbons (Fsp3) is 0.154. The molecule has 1 amide bonds. The molecule has 0 aliphatic carbocycles. The summed E-state index contributed by atoms with van der Waals surface area (Å²) in [5.74, 6) is 0.926. The highest BCUT2D eigenvalue weighted by Crippen LogP contribution is 2.11. The molecule has 2 rings (SSSR count). The lowest BCUT2D eigenvalue weighted by Gasteiger charge is -2.07. The van der Waals surface area contributed by atoms with E-state index in [0.29, 0.717) is 11.4 Å². The minimum absolute atomic E-state index is 0.176. The maximum atomic E-state index is 11.8. The third kappa shape index (κ3) is 3.79. The number of carbonyl (C=O) groups excluding carboxylic acids is 1. The Bertz CT molecular complexity index is 597. The average molecular weight is 290 g/mol. The molecule has 1 heterocycles. The molecule has 0 bridgehead atoms. The van der Waals surface area contributed by atoms with Crippen LogP contribution in [0.4, 0.5) is 5.82 Å². The predicted molar refractivity (Wildman–Crippen MR) is 79.7 cm³/mol. The second kappa shape index (κ2) is 6.67. The second-order valence-electron chi connectivity index (χ2n) is 3.98. The van der Waals surface area contributed by atoms with Crippen molar-refractivity contribution in [1.82, 2.24) is 10.2 Å². The molecule has 0 atom stereocenters. The van der Waals surface area contributed by atoms with Crippen LogP contribution in [-0.4, -0.2) is 27.7 Å². The topological polar surface area (TPSA) is 93.0 Å². The van der Waals surface area contributed by atoms with Crippen molar-refractivity contribution in [2.75, 3.05) is 11.9 Å². The standard InChI is InChI=1S/C13H14N4O2S/c14-12(20)10-8-15-17-13(10)16-11(18)6-7-19-9-4-2-1-3-5-9/h1-5,8H,6-7H2,(H2,14,20)(H2,15,16,17,18). The molecule has 0 spiro atoms. The molecule has 0 fully saturated rings. The van der Waals surface area contributed by atoms with E-state index in [9.17, 15) is 4.79 Å². The molecular formula is C13H14N4O2S. The number of amides is 1. The summed E-state index contributed by atoms with van der Waals surface area (Å²) in [5.41, 5.74) is 6.02. The molecule has 2 aromatic rings. The third-order valence-corrected chi connectivity index (χ3v) is 2.73. The van der Waals surface area contributed by atoms with Gasteiger partial charge in [-0.15, -0.1) is 0 Å². The van der Waals surface area contributed by atoms with Crippen LogP contribution in [0.2, 0.25) is 0 Å². The predicted octanol–water partition coefficient (Wildman–Crippen LogP) is 1.45. The summed E-state index contributed by atoms with van der Waals surface area (Å²) in [6, 6.07) is 9.30. The lowest BCUT2D eigenvalue weighted by molar-refractivity contribution is -0.116. The SMILES string of the molecule is NC(=S)c1cn[nH]c1NC(=O)CCOc1ccccc1. The number of anilines is 1. The van der Waals surface area contributed by atoms with Gasteiger partial charge in [-0.1, -0.05) is 30.4 Å². The van der Waals surface area contributed by atoms with Gasteiger partial charge < -0.3 is 15.8 Å². The maximum Gasteiger partial charge on any atom is 0.228 e. The summed E-state index contributed by atoms with van der Waals surface area (Å²) < 4.78 is 5.44. The van der Waals surface area contributed by atoms with Crippen LogP contribution in [0.15, 0.2) is 36.5 Å². The Morgan fingerprint density at radius 3 is 2.85 bits per heavy atom. The molecule has 0 radical (unpaired) electrons. The molecule has 1 aromatic heterocycles. The van der Waals surface area contributed by atoms with Crippen LogP contribution in [0.3, 0.4) is 0 Å². The monoisotopic (exact) mass is 290 g/mol.